The molecule has 0 aromatic heterocycles. The molecule has 1 aromatic rings. The molecule has 3 unspecified atom stereocenters. The zero-order chi connectivity index (χ0) is 22.7. The molecule has 0 saturated heterocycles. The number of hydrogen-bond donors (Lipinski definition) is 6. The second-order valence-electron chi connectivity index (χ2n) is 6.70. The van der Waals surface area contributed by atoms with Gasteiger partial charge in [-0.25, -0.2) is 0 Å². The topological polar surface area (TPSA) is 194 Å². The van der Waals surface area contributed by atoms with E-state index in [1.165, 1.54) is 6.92 Å². The Balaban J connectivity index is 2.73. The molecule has 1 aromatic carbocycles. The fourth-order valence-electron chi connectivity index (χ4n) is 2.49. The Labute approximate surface area is 173 Å². The number of carbonyl (C=O) groups excluding carboxylic acids is 4. The van der Waals surface area contributed by atoms with E-state index in [4.69, 9.17) is 16.6 Å². The number of nitrogens with one attached hydrogen (secondary N) is 3. The Morgan fingerprint density at radius 3 is 2.20 bits per heavy atom. The third-order valence-corrected chi connectivity index (χ3v) is 4.11. The van der Waals surface area contributed by atoms with Crippen molar-refractivity contribution >= 4 is 29.6 Å². The highest BCUT2D eigenvalue weighted by Crippen LogP contribution is 2.04. The molecule has 164 valence electrons. The molecule has 11 heteroatoms. The maximum atomic E-state index is 12.5. The lowest BCUT2D eigenvalue weighted by Crippen LogP contribution is -2.55. The molecular formula is C19H27N5O6. The van der Waals surface area contributed by atoms with Gasteiger partial charge in [0.25, 0.3) is 0 Å². The van der Waals surface area contributed by atoms with Crippen LogP contribution in [0.5, 0.6) is 0 Å². The van der Waals surface area contributed by atoms with Gasteiger partial charge in [-0.3, -0.25) is 24.0 Å². The normalized spacial score (nSPS) is 13.4. The first-order valence-corrected chi connectivity index (χ1v) is 9.28. The number of amides is 4. The molecule has 0 aliphatic heterocycles. The van der Waals surface area contributed by atoms with E-state index >= 15 is 0 Å². The summed E-state index contributed by atoms with van der Waals surface area (Å²) in [5, 5.41) is 15.6. The lowest BCUT2D eigenvalue weighted by molar-refractivity contribution is -0.138. The first-order chi connectivity index (χ1) is 14.1. The van der Waals surface area contributed by atoms with E-state index in [0.29, 0.717) is 0 Å². The zero-order valence-electron chi connectivity index (χ0n) is 16.6. The van der Waals surface area contributed by atoms with E-state index in [0.717, 1.165) is 5.56 Å². The maximum Gasteiger partial charge on any atom is 0.322 e. The third-order valence-electron chi connectivity index (χ3n) is 4.11. The molecule has 0 fully saturated rings. The van der Waals surface area contributed by atoms with Crippen LogP contribution in [0, 0.1) is 0 Å². The fourth-order valence-corrected chi connectivity index (χ4v) is 2.49. The lowest BCUT2D eigenvalue weighted by Gasteiger charge is -2.22. The molecule has 0 saturated carbocycles. The predicted molar refractivity (Wildman–Crippen MR) is 107 cm³/mol. The van der Waals surface area contributed by atoms with Crippen LogP contribution < -0.4 is 27.4 Å². The van der Waals surface area contributed by atoms with Gasteiger partial charge in [-0.2, -0.15) is 0 Å². The van der Waals surface area contributed by atoms with Crippen molar-refractivity contribution in [1.29, 1.82) is 0 Å². The molecule has 0 spiro atoms. The summed E-state index contributed by atoms with van der Waals surface area (Å²) in [5.41, 5.74) is 11.9. The van der Waals surface area contributed by atoms with Crippen LogP contribution in [0.4, 0.5) is 0 Å². The summed E-state index contributed by atoms with van der Waals surface area (Å²) in [6.45, 7) is 0.748. The van der Waals surface area contributed by atoms with Crippen molar-refractivity contribution in [1.82, 2.24) is 16.0 Å². The fraction of sp³-hybridized carbons (Fsp3) is 0.421. The van der Waals surface area contributed by atoms with Crippen molar-refractivity contribution in [3.8, 4) is 0 Å². The average molecular weight is 421 g/mol. The number of carboxylic acids is 1. The van der Waals surface area contributed by atoms with Crippen LogP contribution in [0.15, 0.2) is 30.3 Å². The van der Waals surface area contributed by atoms with Crippen molar-refractivity contribution in [3.05, 3.63) is 35.9 Å². The molecule has 30 heavy (non-hydrogen) atoms. The second kappa shape index (κ2) is 12.2. The van der Waals surface area contributed by atoms with Crippen LogP contribution in [0.3, 0.4) is 0 Å². The van der Waals surface area contributed by atoms with Crippen molar-refractivity contribution in [3.63, 3.8) is 0 Å². The maximum absolute atomic E-state index is 12.5. The molecule has 0 bridgehead atoms. The zero-order valence-corrected chi connectivity index (χ0v) is 16.6. The first-order valence-electron chi connectivity index (χ1n) is 9.28. The van der Waals surface area contributed by atoms with Crippen molar-refractivity contribution < 1.29 is 29.1 Å². The number of hydrogen-bond acceptors (Lipinski definition) is 6. The molecule has 11 nitrogen and oxygen atoms in total. The van der Waals surface area contributed by atoms with E-state index in [1.807, 2.05) is 18.2 Å². The smallest absolute Gasteiger partial charge is 0.322 e. The Hall–Kier alpha value is -3.47. The van der Waals surface area contributed by atoms with Gasteiger partial charge in [-0.1, -0.05) is 30.3 Å². The van der Waals surface area contributed by atoms with Crippen LogP contribution in [-0.4, -0.2) is 59.4 Å². The molecule has 3 atom stereocenters. The largest absolute Gasteiger partial charge is 0.480 e. The minimum Gasteiger partial charge on any atom is -0.480 e. The quantitative estimate of drug-likeness (QED) is 0.225. The number of benzene rings is 1. The highest BCUT2D eigenvalue weighted by molar-refractivity contribution is 5.93. The van der Waals surface area contributed by atoms with Gasteiger partial charge in [0.2, 0.25) is 23.6 Å². The van der Waals surface area contributed by atoms with Gasteiger partial charge in [-0.05, 0) is 25.3 Å². The summed E-state index contributed by atoms with van der Waals surface area (Å²) in [5.74, 6) is -3.95. The Bertz CT molecular complexity index is 770. The average Bonchev–Trinajstić information content (AvgIpc) is 2.69. The summed E-state index contributed by atoms with van der Waals surface area (Å²) in [4.78, 5) is 58.4. The van der Waals surface area contributed by atoms with Crippen LogP contribution in [-0.2, 0) is 30.4 Å². The second-order valence-corrected chi connectivity index (χ2v) is 6.70. The number of nitrogens with two attached hydrogens (primary N) is 2. The van der Waals surface area contributed by atoms with Gasteiger partial charge in [-0.15, -0.1) is 0 Å². The van der Waals surface area contributed by atoms with E-state index < -0.39 is 54.3 Å². The molecule has 4 amide bonds. The highest BCUT2D eigenvalue weighted by Gasteiger charge is 2.26. The van der Waals surface area contributed by atoms with Gasteiger partial charge in [0.15, 0.2) is 0 Å². The summed E-state index contributed by atoms with van der Waals surface area (Å²) < 4.78 is 0. The summed E-state index contributed by atoms with van der Waals surface area (Å²) in [7, 11) is 0. The molecule has 0 radical (unpaired) electrons. The van der Waals surface area contributed by atoms with E-state index in [2.05, 4.69) is 16.0 Å². The molecule has 0 aliphatic carbocycles. The molecule has 1 rings (SSSR count). The summed E-state index contributed by atoms with van der Waals surface area (Å²) in [6.07, 6.45) is -0.0227. The Morgan fingerprint density at radius 1 is 1.00 bits per heavy atom. The van der Waals surface area contributed by atoms with Crippen LogP contribution in [0.2, 0.25) is 0 Å². The van der Waals surface area contributed by atoms with E-state index in [1.54, 1.807) is 12.1 Å². The minimum atomic E-state index is -1.24. The summed E-state index contributed by atoms with van der Waals surface area (Å²) in [6, 6.07) is 5.90. The molecule has 0 aliphatic rings. The number of primary amides is 1. The lowest BCUT2D eigenvalue weighted by atomic mass is 10.0. The minimum absolute atomic E-state index is 0.0889. The standard InChI is InChI=1S/C19H27N5O6/c1-11(17(28)22-10-16(26)27)23-19(30)14(7-8-15(21)25)24-18(29)13(20)9-12-5-3-2-4-6-12/h2-6,11,13-14H,7-10,20H2,1H3,(H2,21,25)(H,22,28)(H,23,30)(H,24,29)(H,26,27). The van der Waals surface area contributed by atoms with Gasteiger partial charge < -0.3 is 32.5 Å². The number of carboxylic acid groups (broad SMARTS) is 1. The number of carbonyl (C=O) groups is 5. The Morgan fingerprint density at radius 2 is 1.63 bits per heavy atom. The van der Waals surface area contributed by atoms with Crippen LogP contribution >= 0.6 is 0 Å². The number of rotatable bonds is 12. The van der Waals surface area contributed by atoms with Gasteiger partial charge >= 0.3 is 5.97 Å². The highest BCUT2D eigenvalue weighted by atomic mass is 16.4. The van der Waals surface area contributed by atoms with Crippen molar-refractivity contribution in [2.75, 3.05) is 6.54 Å². The van der Waals surface area contributed by atoms with Gasteiger partial charge in [0.05, 0.1) is 6.04 Å². The molecular weight excluding hydrogens is 394 g/mol. The van der Waals surface area contributed by atoms with E-state index in [9.17, 15) is 24.0 Å². The summed E-state index contributed by atoms with van der Waals surface area (Å²) >= 11 is 0. The van der Waals surface area contributed by atoms with Crippen LogP contribution in [0.25, 0.3) is 0 Å². The van der Waals surface area contributed by atoms with Crippen LogP contribution in [0.1, 0.15) is 25.3 Å². The van der Waals surface area contributed by atoms with Crippen molar-refractivity contribution in [2.24, 2.45) is 11.5 Å². The first kappa shape index (κ1) is 24.6. The molecule has 8 N–H and O–H groups in total. The van der Waals surface area contributed by atoms with E-state index in [-0.39, 0.29) is 19.3 Å². The SMILES string of the molecule is CC(NC(=O)C(CCC(N)=O)NC(=O)C(N)Cc1ccccc1)C(=O)NCC(=O)O. The number of aliphatic carboxylic acids is 1. The molecule has 0 heterocycles. The van der Waals surface area contributed by atoms with Crippen molar-refractivity contribution in [2.45, 2.75) is 44.3 Å². The van der Waals surface area contributed by atoms with Gasteiger partial charge in [0, 0.05) is 6.42 Å². The third kappa shape index (κ3) is 9.15. The monoisotopic (exact) mass is 421 g/mol. The van der Waals surface area contributed by atoms with Gasteiger partial charge in [0.1, 0.15) is 18.6 Å². The predicted octanol–water partition coefficient (Wildman–Crippen LogP) is -1.99. The Kier molecular flexibility index (Phi) is 9.97.